The van der Waals surface area contributed by atoms with Gasteiger partial charge in [0.25, 0.3) is 5.89 Å². The average molecular weight is 317 g/mol. The number of hydrogen-bond donors (Lipinski definition) is 2. The molecule has 7 heteroatoms. The van der Waals surface area contributed by atoms with Crippen LogP contribution in [0.1, 0.15) is 10.4 Å². The van der Waals surface area contributed by atoms with Crippen molar-refractivity contribution in [2.24, 2.45) is 0 Å². The van der Waals surface area contributed by atoms with Gasteiger partial charge in [-0.25, -0.2) is 4.79 Å². The average Bonchev–Trinajstić information content (AvgIpc) is 2.97. The standard InChI is InChI=1S/C15H9ClN2O4/c16-10-3-1-2-8(6-10)14-17-13(18-22-14)11-7-9(15(20)21)4-5-12(11)19/h1-7,19H,(H,20,21). The third-order valence-electron chi connectivity index (χ3n) is 2.98. The normalized spacial score (nSPS) is 10.6. The van der Waals surface area contributed by atoms with Crippen LogP contribution in [0, 0.1) is 0 Å². The third kappa shape index (κ3) is 2.64. The summed E-state index contributed by atoms with van der Waals surface area (Å²) >= 11 is 5.90. The summed E-state index contributed by atoms with van der Waals surface area (Å²) in [4.78, 5) is 15.2. The Morgan fingerprint density at radius 1 is 1.18 bits per heavy atom. The zero-order chi connectivity index (χ0) is 15.7. The van der Waals surface area contributed by atoms with Crippen LogP contribution in [0.15, 0.2) is 47.0 Å². The lowest BCUT2D eigenvalue weighted by atomic mass is 10.1. The SMILES string of the molecule is O=C(O)c1ccc(O)c(-c2noc(-c3cccc(Cl)c3)n2)c1. The molecule has 0 aliphatic carbocycles. The van der Waals surface area contributed by atoms with E-state index in [2.05, 4.69) is 10.1 Å². The van der Waals surface area contributed by atoms with Crippen molar-refractivity contribution in [3.63, 3.8) is 0 Å². The van der Waals surface area contributed by atoms with E-state index in [0.29, 0.717) is 10.6 Å². The van der Waals surface area contributed by atoms with Crippen molar-refractivity contribution in [1.29, 1.82) is 0 Å². The highest BCUT2D eigenvalue weighted by Crippen LogP contribution is 2.30. The van der Waals surface area contributed by atoms with Gasteiger partial charge in [0.1, 0.15) is 5.75 Å². The monoisotopic (exact) mass is 316 g/mol. The molecule has 2 N–H and O–H groups in total. The van der Waals surface area contributed by atoms with Crippen LogP contribution in [-0.2, 0) is 0 Å². The molecule has 0 amide bonds. The van der Waals surface area contributed by atoms with Gasteiger partial charge >= 0.3 is 5.97 Å². The van der Waals surface area contributed by atoms with E-state index in [1.54, 1.807) is 24.3 Å². The predicted octanol–water partition coefficient (Wildman–Crippen LogP) is 3.46. The number of hydrogen-bond acceptors (Lipinski definition) is 5. The highest BCUT2D eigenvalue weighted by atomic mass is 35.5. The minimum absolute atomic E-state index is 0.0157. The number of carboxylic acid groups (broad SMARTS) is 1. The lowest BCUT2D eigenvalue weighted by Crippen LogP contribution is -1.96. The summed E-state index contributed by atoms with van der Waals surface area (Å²) in [5.41, 5.74) is 0.818. The zero-order valence-electron chi connectivity index (χ0n) is 11.0. The highest BCUT2D eigenvalue weighted by Gasteiger charge is 2.16. The second-order valence-corrected chi connectivity index (χ2v) is 4.91. The van der Waals surface area contributed by atoms with Crippen molar-refractivity contribution in [1.82, 2.24) is 10.1 Å². The van der Waals surface area contributed by atoms with E-state index in [-0.39, 0.29) is 28.6 Å². The molecule has 110 valence electrons. The molecule has 3 rings (SSSR count). The minimum Gasteiger partial charge on any atom is -0.507 e. The lowest BCUT2D eigenvalue weighted by molar-refractivity contribution is 0.0697. The van der Waals surface area contributed by atoms with Crippen LogP contribution in [0.5, 0.6) is 5.75 Å². The number of nitrogens with zero attached hydrogens (tertiary/aromatic N) is 2. The van der Waals surface area contributed by atoms with Crippen LogP contribution >= 0.6 is 11.6 Å². The van der Waals surface area contributed by atoms with Crippen LogP contribution < -0.4 is 0 Å². The van der Waals surface area contributed by atoms with Gasteiger partial charge in [-0.15, -0.1) is 0 Å². The Kier molecular flexibility index (Phi) is 3.52. The van der Waals surface area contributed by atoms with Crippen LogP contribution in [0.3, 0.4) is 0 Å². The molecule has 0 saturated heterocycles. The summed E-state index contributed by atoms with van der Waals surface area (Å²) in [5, 5.41) is 23.2. The number of phenols is 1. The maximum Gasteiger partial charge on any atom is 0.335 e. The van der Waals surface area contributed by atoms with E-state index in [1.165, 1.54) is 18.2 Å². The Labute approximate surface area is 129 Å². The minimum atomic E-state index is -1.11. The first kappa shape index (κ1) is 14.1. The molecule has 0 fully saturated rings. The fraction of sp³-hybridized carbons (Fsp3) is 0. The molecule has 0 saturated carbocycles. The summed E-state index contributed by atoms with van der Waals surface area (Å²) in [6.45, 7) is 0. The number of aromatic hydroxyl groups is 1. The van der Waals surface area contributed by atoms with E-state index in [9.17, 15) is 9.90 Å². The van der Waals surface area contributed by atoms with Crippen molar-refractivity contribution in [3.05, 3.63) is 53.1 Å². The van der Waals surface area contributed by atoms with Crippen molar-refractivity contribution in [2.45, 2.75) is 0 Å². The molecule has 1 heterocycles. The van der Waals surface area contributed by atoms with Gasteiger partial charge in [-0.1, -0.05) is 22.8 Å². The summed E-state index contributed by atoms with van der Waals surface area (Å²) in [6, 6.07) is 10.7. The first-order valence-electron chi connectivity index (χ1n) is 6.21. The lowest BCUT2D eigenvalue weighted by Gasteiger charge is -2.01. The van der Waals surface area contributed by atoms with E-state index in [1.807, 2.05) is 0 Å². The summed E-state index contributed by atoms with van der Waals surface area (Å²) in [7, 11) is 0. The molecule has 6 nitrogen and oxygen atoms in total. The van der Waals surface area contributed by atoms with Crippen molar-refractivity contribution < 1.29 is 19.5 Å². The molecule has 0 unspecified atom stereocenters. The highest BCUT2D eigenvalue weighted by molar-refractivity contribution is 6.30. The number of halogens is 1. The molecular weight excluding hydrogens is 308 g/mol. The van der Waals surface area contributed by atoms with Crippen molar-refractivity contribution >= 4 is 17.6 Å². The van der Waals surface area contributed by atoms with Crippen molar-refractivity contribution in [2.75, 3.05) is 0 Å². The summed E-state index contributed by atoms with van der Waals surface area (Å²) in [5.74, 6) is -0.934. The van der Waals surface area contributed by atoms with Gasteiger partial charge in [0, 0.05) is 10.6 Å². The van der Waals surface area contributed by atoms with E-state index < -0.39 is 5.97 Å². The molecule has 0 atom stereocenters. The van der Waals surface area contributed by atoms with Gasteiger partial charge in [0.05, 0.1) is 11.1 Å². The molecular formula is C15H9ClN2O4. The number of benzene rings is 2. The van der Waals surface area contributed by atoms with Crippen molar-refractivity contribution in [3.8, 4) is 28.6 Å². The largest absolute Gasteiger partial charge is 0.507 e. The van der Waals surface area contributed by atoms with E-state index in [0.717, 1.165) is 0 Å². The number of aromatic carboxylic acids is 1. The fourth-order valence-electron chi connectivity index (χ4n) is 1.92. The Bertz CT molecular complexity index is 860. The summed E-state index contributed by atoms with van der Waals surface area (Å²) < 4.78 is 5.14. The molecule has 0 bridgehead atoms. The van der Waals surface area contributed by atoms with Crippen LogP contribution in [0.25, 0.3) is 22.8 Å². The van der Waals surface area contributed by atoms with Gasteiger partial charge in [-0.2, -0.15) is 4.98 Å². The van der Waals surface area contributed by atoms with Gasteiger partial charge < -0.3 is 14.7 Å². The molecule has 0 radical (unpaired) electrons. The van der Waals surface area contributed by atoms with Crippen LogP contribution in [-0.4, -0.2) is 26.3 Å². The first-order chi connectivity index (χ1) is 10.5. The van der Waals surface area contributed by atoms with Crippen LogP contribution in [0.4, 0.5) is 0 Å². The smallest absolute Gasteiger partial charge is 0.335 e. The third-order valence-corrected chi connectivity index (χ3v) is 3.22. The molecule has 0 aliphatic rings. The Morgan fingerprint density at radius 2 is 2.00 bits per heavy atom. The quantitative estimate of drug-likeness (QED) is 0.768. The van der Waals surface area contributed by atoms with Gasteiger partial charge in [0.15, 0.2) is 0 Å². The van der Waals surface area contributed by atoms with Crippen LogP contribution in [0.2, 0.25) is 5.02 Å². The van der Waals surface area contributed by atoms with Gasteiger partial charge in [-0.05, 0) is 36.4 Å². The van der Waals surface area contributed by atoms with E-state index >= 15 is 0 Å². The maximum absolute atomic E-state index is 11.0. The maximum atomic E-state index is 11.0. The topological polar surface area (TPSA) is 96.5 Å². The Hall–Kier alpha value is -2.86. The molecule has 2 aromatic carbocycles. The second kappa shape index (κ2) is 5.50. The molecule has 22 heavy (non-hydrogen) atoms. The number of carbonyl (C=O) groups is 1. The zero-order valence-corrected chi connectivity index (χ0v) is 11.8. The number of rotatable bonds is 3. The first-order valence-corrected chi connectivity index (χ1v) is 6.59. The number of carboxylic acids is 1. The predicted molar refractivity (Wildman–Crippen MR) is 78.8 cm³/mol. The fourth-order valence-corrected chi connectivity index (χ4v) is 2.11. The summed E-state index contributed by atoms with van der Waals surface area (Å²) in [6.07, 6.45) is 0. The molecule has 0 spiro atoms. The molecule has 0 aliphatic heterocycles. The number of phenolic OH excluding ortho intramolecular Hbond substituents is 1. The Morgan fingerprint density at radius 3 is 2.73 bits per heavy atom. The molecule has 3 aromatic rings. The second-order valence-electron chi connectivity index (χ2n) is 4.47. The molecule has 1 aromatic heterocycles. The van der Waals surface area contributed by atoms with Gasteiger partial charge in [-0.3, -0.25) is 0 Å². The van der Waals surface area contributed by atoms with Gasteiger partial charge in [0.2, 0.25) is 5.82 Å². The Balaban J connectivity index is 2.04. The number of aromatic nitrogens is 2. The van der Waals surface area contributed by atoms with E-state index in [4.69, 9.17) is 21.2 Å².